The Balaban J connectivity index is 2.39. The summed E-state index contributed by atoms with van der Waals surface area (Å²) in [5.41, 5.74) is -2.23. The van der Waals surface area contributed by atoms with Crippen LogP contribution in [-0.2, 0) is 28.6 Å². The molecular formula is C23H35NO7S. The Labute approximate surface area is 191 Å². The van der Waals surface area contributed by atoms with E-state index >= 15 is 0 Å². The molecule has 1 aliphatic rings. The summed E-state index contributed by atoms with van der Waals surface area (Å²) in [6.07, 6.45) is 4.75. The number of carbonyl (C=O) groups is 2. The number of hydrogen-bond acceptors (Lipinski definition) is 7. The molecule has 1 atom stereocenters. The average Bonchev–Trinajstić information content (AvgIpc) is 2.70. The Morgan fingerprint density at radius 1 is 1.06 bits per heavy atom. The molecular weight excluding hydrogens is 434 g/mol. The van der Waals surface area contributed by atoms with E-state index in [1.807, 2.05) is 6.92 Å². The highest BCUT2D eigenvalue weighted by atomic mass is 32.2. The lowest BCUT2D eigenvalue weighted by atomic mass is 9.84. The van der Waals surface area contributed by atoms with E-state index in [9.17, 15) is 18.0 Å². The summed E-state index contributed by atoms with van der Waals surface area (Å²) in [5, 5.41) is 2.38. The van der Waals surface area contributed by atoms with Crippen molar-refractivity contribution in [3.63, 3.8) is 0 Å². The van der Waals surface area contributed by atoms with Gasteiger partial charge in [0.2, 0.25) is 0 Å². The third kappa shape index (κ3) is 7.48. The Morgan fingerprint density at radius 3 is 2.19 bits per heavy atom. The molecule has 0 saturated heterocycles. The highest BCUT2D eigenvalue weighted by Gasteiger charge is 2.48. The molecule has 0 radical (unpaired) electrons. The first-order chi connectivity index (χ1) is 14.9. The number of aryl methyl sites for hydroxylation is 1. The maximum atomic E-state index is 13.1. The SMILES string of the molecule is COC(=O)[C@](CCC1CCCCC1)(NC(=O)OC(C)(C)C)OS(=O)(=O)c1ccc(C)cc1. The number of hydrogen-bond donors (Lipinski definition) is 1. The normalized spacial score (nSPS) is 17.3. The predicted octanol–water partition coefficient (Wildman–Crippen LogP) is 4.45. The fourth-order valence-corrected chi connectivity index (χ4v) is 4.90. The summed E-state index contributed by atoms with van der Waals surface area (Å²) in [7, 11) is -3.28. The molecule has 0 aliphatic heterocycles. The second-order valence-electron chi connectivity index (χ2n) is 9.34. The van der Waals surface area contributed by atoms with E-state index in [1.54, 1.807) is 32.9 Å². The standard InChI is InChI=1S/C23H35NO7S/c1-17-11-13-19(14-12-17)32(27,28)31-23(20(25)29-5,24-21(26)30-22(2,3)4)16-15-18-9-7-6-8-10-18/h11-14,18H,6-10,15-16H2,1-5H3,(H,24,26)/t23-/m1/s1. The van der Waals surface area contributed by atoms with Crippen LogP contribution in [0.1, 0.15) is 71.3 Å². The van der Waals surface area contributed by atoms with Gasteiger partial charge in [-0.25, -0.2) is 13.8 Å². The zero-order valence-corrected chi connectivity index (χ0v) is 20.4. The molecule has 1 aromatic rings. The zero-order chi connectivity index (χ0) is 24.0. The zero-order valence-electron chi connectivity index (χ0n) is 19.6. The van der Waals surface area contributed by atoms with Gasteiger partial charge in [-0.1, -0.05) is 49.8 Å². The number of rotatable bonds is 8. The molecule has 1 aliphatic carbocycles. The summed E-state index contributed by atoms with van der Waals surface area (Å²) >= 11 is 0. The van der Waals surface area contributed by atoms with Gasteiger partial charge in [0.1, 0.15) is 5.60 Å². The second-order valence-corrected chi connectivity index (χ2v) is 10.9. The lowest BCUT2D eigenvalue weighted by molar-refractivity contribution is -0.163. The van der Waals surface area contributed by atoms with E-state index in [0.29, 0.717) is 12.3 Å². The van der Waals surface area contributed by atoms with Crippen LogP contribution in [0.3, 0.4) is 0 Å². The number of esters is 1. The highest BCUT2D eigenvalue weighted by molar-refractivity contribution is 7.86. The van der Waals surface area contributed by atoms with Crippen molar-refractivity contribution >= 4 is 22.2 Å². The molecule has 2 rings (SSSR count). The van der Waals surface area contributed by atoms with E-state index in [0.717, 1.165) is 44.8 Å². The molecule has 0 aromatic heterocycles. The van der Waals surface area contributed by atoms with Crippen molar-refractivity contribution in [2.75, 3.05) is 7.11 Å². The molecule has 1 aromatic carbocycles. The van der Waals surface area contributed by atoms with Crippen molar-refractivity contribution in [2.45, 2.75) is 88.9 Å². The van der Waals surface area contributed by atoms with Crippen molar-refractivity contribution in [2.24, 2.45) is 5.92 Å². The lowest BCUT2D eigenvalue weighted by Gasteiger charge is -2.33. The molecule has 0 spiro atoms. The number of nitrogens with one attached hydrogen (secondary N) is 1. The summed E-state index contributed by atoms with van der Waals surface area (Å²) in [4.78, 5) is 25.4. The van der Waals surface area contributed by atoms with Gasteiger partial charge in [-0.2, -0.15) is 8.42 Å². The quantitative estimate of drug-likeness (QED) is 0.340. The van der Waals surface area contributed by atoms with Gasteiger partial charge in [-0.3, -0.25) is 5.32 Å². The van der Waals surface area contributed by atoms with Gasteiger partial charge in [-0.15, -0.1) is 0 Å². The Kier molecular flexibility index (Phi) is 8.70. The molecule has 8 nitrogen and oxygen atoms in total. The summed E-state index contributed by atoms with van der Waals surface area (Å²) < 4.78 is 41.8. The van der Waals surface area contributed by atoms with Gasteiger partial charge in [0.25, 0.3) is 15.8 Å². The van der Waals surface area contributed by atoms with Gasteiger partial charge >= 0.3 is 12.1 Å². The number of benzene rings is 1. The summed E-state index contributed by atoms with van der Waals surface area (Å²) in [6, 6.07) is 6.03. The van der Waals surface area contributed by atoms with E-state index in [4.69, 9.17) is 13.7 Å². The maximum absolute atomic E-state index is 13.1. The van der Waals surface area contributed by atoms with Crippen LogP contribution in [0.4, 0.5) is 4.79 Å². The first kappa shape index (κ1) is 26.1. The Hall–Kier alpha value is -2.13. The van der Waals surface area contributed by atoms with Crippen LogP contribution in [-0.4, -0.2) is 38.9 Å². The minimum atomic E-state index is -4.40. The second kappa shape index (κ2) is 10.7. The van der Waals surface area contributed by atoms with Crippen LogP contribution in [0.5, 0.6) is 0 Å². The maximum Gasteiger partial charge on any atom is 0.410 e. The molecule has 1 saturated carbocycles. The highest BCUT2D eigenvalue weighted by Crippen LogP contribution is 2.32. The molecule has 0 bridgehead atoms. The monoisotopic (exact) mass is 469 g/mol. The van der Waals surface area contributed by atoms with Crippen molar-refractivity contribution in [1.82, 2.24) is 5.32 Å². The predicted molar refractivity (Wildman–Crippen MR) is 119 cm³/mol. The van der Waals surface area contributed by atoms with Crippen LogP contribution in [0.2, 0.25) is 0 Å². The minimum Gasteiger partial charge on any atom is -0.465 e. The van der Waals surface area contributed by atoms with Crippen LogP contribution in [0.15, 0.2) is 29.2 Å². The number of alkyl carbamates (subject to hydrolysis) is 1. The molecule has 32 heavy (non-hydrogen) atoms. The molecule has 180 valence electrons. The fraction of sp³-hybridized carbons (Fsp3) is 0.652. The molecule has 0 heterocycles. The van der Waals surface area contributed by atoms with Crippen LogP contribution >= 0.6 is 0 Å². The summed E-state index contributed by atoms with van der Waals surface area (Å²) in [6.45, 7) is 6.82. The van der Waals surface area contributed by atoms with Crippen molar-refractivity contribution < 1.29 is 31.7 Å². The molecule has 1 N–H and O–H groups in total. The largest absolute Gasteiger partial charge is 0.465 e. The van der Waals surface area contributed by atoms with Crippen molar-refractivity contribution in [3.05, 3.63) is 29.8 Å². The van der Waals surface area contributed by atoms with Crippen LogP contribution < -0.4 is 5.32 Å². The van der Waals surface area contributed by atoms with Gasteiger partial charge in [0.15, 0.2) is 0 Å². The third-order valence-corrected chi connectivity index (χ3v) is 6.76. The first-order valence-corrected chi connectivity index (χ1v) is 12.4. The Morgan fingerprint density at radius 2 is 1.66 bits per heavy atom. The Bertz CT molecular complexity index is 884. The first-order valence-electron chi connectivity index (χ1n) is 11.0. The van der Waals surface area contributed by atoms with E-state index in [1.165, 1.54) is 12.1 Å². The van der Waals surface area contributed by atoms with Crippen LogP contribution in [0, 0.1) is 12.8 Å². The minimum absolute atomic E-state index is 0.0608. The number of carbonyl (C=O) groups excluding carboxylic acids is 2. The van der Waals surface area contributed by atoms with Crippen molar-refractivity contribution in [3.8, 4) is 0 Å². The topological polar surface area (TPSA) is 108 Å². The average molecular weight is 470 g/mol. The van der Waals surface area contributed by atoms with E-state index in [-0.39, 0.29) is 11.3 Å². The fourth-order valence-electron chi connectivity index (χ4n) is 3.77. The van der Waals surface area contributed by atoms with Crippen LogP contribution in [0.25, 0.3) is 0 Å². The van der Waals surface area contributed by atoms with Crippen molar-refractivity contribution in [1.29, 1.82) is 0 Å². The van der Waals surface area contributed by atoms with Gasteiger partial charge in [0, 0.05) is 6.42 Å². The number of amides is 1. The van der Waals surface area contributed by atoms with E-state index in [2.05, 4.69) is 5.32 Å². The molecule has 1 fully saturated rings. The number of methoxy groups -OCH3 is 1. The smallest absolute Gasteiger partial charge is 0.410 e. The van der Waals surface area contributed by atoms with Gasteiger partial charge in [0.05, 0.1) is 12.0 Å². The molecule has 1 amide bonds. The van der Waals surface area contributed by atoms with E-state index < -0.39 is 33.5 Å². The summed E-state index contributed by atoms with van der Waals surface area (Å²) in [5.74, 6) is -0.700. The third-order valence-electron chi connectivity index (χ3n) is 5.41. The number of ether oxygens (including phenoxy) is 2. The molecule has 9 heteroatoms. The van der Waals surface area contributed by atoms with Gasteiger partial charge < -0.3 is 9.47 Å². The van der Waals surface area contributed by atoms with Gasteiger partial charge in [-0.05, 0) is 52.2 Å². The lowest BCUT2D eigenvalue weighted by Crippen LogP contribution is -2.59. The molecule has 0 unspecified atom stereocenters.